The van der Waals surface area contributed by atoms with Crippen LogP contribution >= 0.6 is 0 Å². The van der Waals surface area contributed by atoms with Gasteiger partial charge in [0.2, 0.25) is 5.95 Å². The van der Waals surface area contributed by atoms with Gasteiger partial charge in [-0.3, -0.25) is 4.79 Å². The predicted molar refractivity (Wildman–Crippen MR) is 113 cm³/mol. The van der Waals surface area contributed by atoms with Gasteiger partial charge in [0, 0.05) is 23.1 Å². The first-order valence-corrected chi connectivity index (χ1v) is 9.13. The summed E-state index contributed by atoms with van der Waals surface area (Å²) in [5.74, 6) is 1.15. The summed E-state index contributed by atoms with van der Waals surface area (Å²) in [6, 6.07) is 12.8. The van der Waals surface area contributed by atoms with Crippen molar-refractivity contribution in [1.29, 1.82) is 0 Å². The third-order valence-electron chi connectivity index (χ3n) is 4.58. The topological polar surface area (TPSA) is 85.4 Å². The quantitative estimate of drug-likeness (QED) is 0.646. The number of nitrogens with one attached hydrogen (secondary N) is 2. The summed E-state index contributed by atoms with van der Waals surface area (Å²) in [7, 11) is 3.10. The molecule has 0 unspecified atom stereocenters. The Kier molecular flexibility index (Phi) is 5.97. The summed E-state index contributed by atoms with van der Waals surface area (Å²) in [5.41, 5.74) is 4.70. The first-order chi connectivity index (χ1) is 13.9. The molecule has 150 valence electrons. The first-order valence-electron chi connectivity index (χ1n) is 9.13. The Morgan fingerprint density at radius 1 is 0.931 bits per heavy atom. The van der Waals surface area contributed by atoms with E-state index >= 15 is 0 Å². The van der Waals surface area contributed by atoms with E-state index in [0.717, 1.165) is 16.8 Å². The Labute approximate surface area is 170 Å². The highest BCUT2D eigenvalue weighted by molar-refractivity contribution is 6.03. The highest BCUT2D eigenvalue weighted by atomic mass is 16.5. The Balaban J connectivity index is 1.84. The molecule has 0 aliphatic heterocycles. The molecule has 0 atom stereocenters. The number of hydrogen-bond acceptors (Lipinski definition) is 6. The maximum absolute atomic E-state index is 12.7. The molecular weight excluding hydrogens is 368 g/mol. The lowest BCUT2D eigenvalue weighted by Crippen LogP contribution is -2.15. The summed E-state index contributed by atoms with van der Waals surface area (Å²) in [5, 5.41) is 6.04. The summed E-state index contributed by atoms with van der Waals surface area (Å²) in [4.78, 5) is 21.5. The van der Waals surface area contributed by atoms with Crippen molar-refractivity contribution >= 4 is 23.2 Å². The van der Waals surface area contributed by atoms with E-state index in [2.05, 4.69) is 20.6 Å². The molecule has 0 fully saturated rings. The maximum atomic E-state index is 12.7. The van der Waals surface area contributed by atoms with E-state index in [1.54, 1.807) is 38.5 Å². The zero-order valence-electron chi connectivity index (χ0n) is 17.2. The minimum Gasteiger partial charge on any atom is -0.493 e. The molecule has 0 radical (unpaired) electrons. The van der Waals surface area contributed by atoms with Crippen molar-refractivity contribution in [1.82, 2.24) is 9.97 Å². The van der Waals surface area contributed by atoms with Crippen LogP contribution in [0.2, 0.25) is 0 Å². The second kappa shape index (κ2) is 8.60. The lowest BCUT2D eigenvalue weighted by molar-refractivity contribution is 0.102. The van der Waals surface area contributed by atoms with Crippen molar-refractivity contribution in [3.63, 3.8) is 0 Å². The van der Waals surface area contributed by atoms with Crippen LogP contribution in [0.5, 0.6) is 11.5 Å². The second-order valence-corrected chi connectivity index (χ2v) is 6.61. The van der Waals surface area contributed by atoms with Crippen LogP contribution in [0, 0.1) is 20.8 Å². The number of benzene rings is 2. The molecule has 2 aromatic carbocycles. The average Bonchev–Trinajstić information content (AvgIpc) is 2.71. The molecule has 0 spiro atoms. The molecule has 3 rings (SSSR count). The summed E-state index contributed by atoms with van der Waals surface area (Å²) in [6.45, 7) is 5.89. The van der Waals surface area contributed by atoms with Gasteiger partial charge in [0.05, 0.1) is 14.2 Å². The standard InChI is InChI=1S/C22H24N4O3/c1-13-7-6-8-17(15(13)3)25-22-23-14(2)11-18(26-22)21(27)24-16-9-10-19(28-4)20(12-16)29-5/h6-12H,1-5H3,(H,24,27)(H,23,25,26). The van der Waals surface area contributed by atoms with Gasteiger partial charge >= 0.3 is 0 Å². The Morgan fingerprint density at radius 3 is 2.41 bits per heavy atom. The van der Waals surface area contributed by atoms with E-state index in [-0.39, 0.29) is 11.6 Å². The third-order valence-corrected chi connectivity index (χ3v) is 4.58. The normalized spacial score (nSPS) is 10.4. The largest absolute Gasteiger partial charge is 0.493 e. The number of carbonyl (C=O) groups excluding carboxylic acids is 1. The van der Waals surface area contributed by atoms with Crippen molar-refractivity contribution in [2.24, 2.45) is 0 Å². The molecule has 7 nitrogen and oxygen atoms in total. The first kappa shape index (κ1) is 20.1. The molecule has 1 aromatic heterocycles. The van der Waals surface area contributed by atoms with Gasteiger partial charge in [-0.15, -0.1) is 0 Å². The number of carbonyl (C=O) groups is 1. The van der Waals surface area contributed by atoms with E-state index < -0.39 is 0 Å². The van der Waals surface area contributed by atoms with E-state index in [1.165, 1.54) is 0 Å². The van der Waals surface area contributed by atoms with Crippen molar-refractivity contribution < 1.29 is 14.3 Å². The van der Waals surface area contributed by atoms with Gasteiger partial charge in [0.15, 0.2) is 11.5 Å². The lowest BCUT2D eigenvalue weighted by Gasteiger charge is -2.12. The number of ether oxygens (including phenoxy) is 2. The number of aromatic nitrogens is 2. The van der Waals surface area contributed by atoms with Crippen LogP contribution in [0.4, 0.5) is 17.3 Å². The highest BCUT2D eigenvalue weighted by Crippen LogP contribution is 2.30. The summed E-state index contributed by atoms with van der Waals surface area (Å²) < 4.78 is 10.5. The minimum atomic E-state index is -0.341. The second-order valence-electron chi connectivity index (χ2n) is 6.61. The van der Waals surface area contributed by atoms with Gasteiger partial charge in [0.25, 0.3) is 5.91 Å². The van der Waals surface area contributed by atoms with Crippen molar-refractivity contribution in [2.75, 3.05) is 24.9 Å². The van der Waals surface area contributed by atoms with Crippen molar-refractivity contribution in [2.45, 2.75) is 20.8 Å². The van der Waals surface area contributed by atoms with Gasteiger partial charge in [-0.05, 0) is 56.2 Å². The number of aryl methyl sites for hydroxylation is 2. The summed E-state index contributed by atoms with van der Waals surface area (Å²) >= 11 is 0. The van der Waals surface area contributed by atoms with Crippen LogP contribution in [0.25, 0.3) is 0 Å². The fourth-order valence-electron chi connectivity index (χ4n) is 2.86. The van der Waals surface area contributed by atoms with E-state index in [4.69, 9.17) is 9.47 Å². The van der Waals surface area contributed by atoms with Crippen molar-refractivity contribution in [3.8, 4) is 11.5 Å². The maximum Gasteiger partial charge on any atom is 0.274 e. The fourth-order valence-corrected chi connectivity index (χ4v) is 2.86. The zero-order chi connectivity index (χ0) is 21.0. The Morgan fingerprint density at radius 2 is 1.69 bits per heavy atom. The summed E-state index contributed by atoms with van der Waals surface area (Å²) in [6.07, 6.45) is 0. The number of amides is 1. The van der Waals surface area contributed by atoms with Crippen molar-refractivity contribution in [3.05, 3.63) is 65.0 Å². The third kappa shape index (κ3) is 4.63. The van der Waals surface area contributed by atoms with Crippen LogP contribution in [0.15, 0.2) is 42.5 Å². The van der Waals surface area contributed by atoms with Crippen LogP contribution in [0.1, 0.15) is 27.3 Å². The predicted octanol–water partition coefficient (Wildman–Crippen LogP) is 4.41. The number of anilines is 3. The van der Waals surface area contributed by atoms with Gasteiger partial charge in [-0.1, -0.05) is 12.1 Å². The molecule has 0 aliphatic carbocycles. The molecule has 0 bridgehead atoms. The number of rotatable bonds is 6. The van der Waals surface area contributed by atoms with Gasteiger partial charge in [0.1, 0.15) is 5.69 Å². The van der Waals surface area contributed by atoms with E-state index in [1.807, 2.05) is 39.0 Å². The molecule has 3 aromatic rings. The van der Waals surface area contributed by atoms with Crippen LogP contribution < -0.4 is 20.1 Å². The lowest BCUT2D eigenvalue weighted by atomic mass is 10.1. The van der Waals surface area contributed by atoms with Gasteiger partial charge in [-0.2, -0.15) is 0 Å². The molecule has 1 amide bonds. The molecule has 0 saturated carbocycles. The molecule has 0 saturated heterocycles. The zero-order valence-corrected chi connectivity index (χ0v) is 17.2. The highest BCUT2D eigenvalue weighted by Gasteiger charge is 2.13. The SMILES string of the molecule is COc1ccc(NC(=O)c2cc(C)nc(Nc3cccc(C)c3C)n2)cc1OC. The number of methoxy groups -OCH3 is 2. The number of nitrogens with zero attached hydrogens (tertiary/aromatic N) is 2. The monoisotopic (exact) mass is 392 g/mol. The molecule has 0 aliphatic rings. The Bertz CT molecular complexity index is 1050. The van der Waals surface area contributed by atoms with Crippen LogP contribution in [-0.4, -0.2) is 30.1 Å². The molecule has 7 heteroatoms. The minimum absolute atomic E-state index is 0.264. The van der Waals surface area contributed by atoms with Crippen LogP contribution in [-0.2, 0) is 0 Å². The molecule has 29 heavy (non-hydrogen) atoms. The fraction of sp³-hybridized carbons (Fsp3) is 0.227. The Hall–Kier alpha value is -3.61. The molecule has 2 N–H and O–H groups in total. The van der Waals surface area contributed by atoms with E-state index in [0.29, 0.717) is 28.8 Å². The smallest absolute Gasteiger partial charge is 0.274 e. The number of hydrogen-bond donors (Lipinski definition) is 2. The van der Waals surface area contributed by atoms with Gasteiger partial charge in [-0.25, -0.2) is 9.97 Å². The average molecular weight is 392 g/mol. The molecular formula is C22H24N4O3. The van der Waals surface area contributed by atoms with Crippen LogP contribution in [0.3, 0.4) is 0 Å². The van der Waals surface area contributed by atoms with E-state index in [9.17, 15) is 4.79 Å². The molecule has 1 heterocycles. The van der Waals surface area contributed by atoms with Gasteiger partial charge < -0.3 is 20.1 Å².